The molecule has 1 aromatic rings. The number of methoxy groups -OCH3 is 1. The quantitative estimate of drug-likeness (QED) is 0.892. The summed E-state index contributed by atoms with van der Waals surface area (Å²) in [5.74, 6) is 0.253. The van der Waals surface area contributed by atoms with E-state index in [-0.39, 0.29) is 17.9 Å². The standard InChI is InChI=1S/C16H24N2O3/c1-15(2)6-8-16(20,9-7-15)11-18-14(19)12-4-5-13(21-3)17-10-12/h4-5,10,20H,6-9,11H2,1-3H3,(H,18,19). The molecule has 0 aliphatic heterocycles. The van der Waals surface area contributed by atoms with E-state index in [1.54, 1.807) is 12.1 Å². The molecule has 1 saturated carbocycles. The van der Waals surface area contributed by atoms with Gasteiger partial charge in [-0.25, -0.2) is 4.98 Å². The second-order valence-electron chi connectivity index (χ2n) is 6.66. The van der Waals surface area contributed by atoms with Crippen LogP contribution in [0.25, 0.3) is 0 Å². The number of hydrogen-bond donors (Lipinski definition) is 2. The molecule has 0 spiro atoms. The monoisotopic (exact) mass is 292 g/mol. The number of rotatable bonds is 4. The molecule has 0 saturated heterocycles. The smallest absolute Gasteiger partial charge is 0.252 e. The lowest BCUT2D eigenvalue weighted by molar-refractivity contribution is -0.0233. The fraction of sp³-hybridized carbons (Fsp3) is 0.625. The van der Waals surface area contributed by atoms with Crippen LogP contribution in [0.3, 0.4) is 0 Å². The van der Waals surface area contributed by atoms with E-state index in [0.717, 1.165) is 25.7 Å². The third-order valence-electron chi connectivity index (χ3n) is 4.32. The number of pyridine rings is 1. The zero-order valence-corrected chi connectivity index (χ0v) is 13.0. The Kier molecular flexibility index (Phi) is 4.52. The zero-order chi connectivity index (χ0) is 15.5. The van der Waals surface area contributed by atoms with Gasteiger partial charge in [-0.1, -0.05) is 13.8 Å². The number of hydrogen-bond acceptors (Lipinski definition) is 4. The van der Waals surface area contributed by atoms with E-state index in [2.05, 4.69) is 24.1 Å². The first kappa shape index (κ1) is 15.8. The topological polar surface area (TPSA) is 71.5 Å². The Hall–Kier alpha value is -1.62. The number of nitrogens with zero attached hydrogens (tertiary/aromatic N) is 1. The van der Waals surface area contributed by atoms with E-state index < -0.39 is 5.60 Å². The number of carbonyl (C=O) groups excluding carboxylic acids is 1. The molecule has 1 fully saturated rings. The van der Waals surface area contributed by atoms with Crippen molar-refractivity contribution < 1.29 is 14.6 Å². The van der Waals surface area contributed by atoms with Crippen LogP contribution in [0.4, 0.5) is 0 Å². The number of amides is 1. The van der Waals surface area contributed by atoms with Crippen molar-refractivity contribution in [3.63, 3.8) is 0 Å². The Morgan fingerprint density at radius 1 is 1.33 bits per heavy atom. The number of aromatic nitrogens is 1. The second-order valence-corrected chi connectivity index (χ2v) is 6.66. The molecule has 0 bridgehead atoms. The van der Waals surface area contributed by atoms with E-state index in [9.17, 15) is 9.90 Å². The summed E-state index contributed by atoms with van der Waals surface area (Å²) in [7, 11) is 1.53. The van der Waals surface area contributed by atoms with Crippen molar-refractivity contribution in [2.45, 2.75) is 45.1 Å². The summed E-state index contributed by atoms with van der Waals surface area (Å²) in [6.07, 6.45) is 4.87. The van der Waals surface area contributed by atoms with Crippen LogP contribution < -0.4 is 10.1 Å². The van der Waals surface area contributed by atoms with Gasteiger partial charge in [-0.15, -0.1) is 0 Å². The lowest BCUT2D eigenvalue weighted by atomic mass is 9.71. The Bertz CT molecular complexity index is 487. The van der Waals surface area contributed by atoms with Crippen LogP contribution in [-0.2, 0) is 0 Å². The van der Waals surface area contributed by atoms with Gasteiger partial charge < -0.3 is 15.2 Å². The Balaban J connectivity index is 1.88. The maximum atomic E-state index is 12.1. The van der Waals surface area contributed by atoms with E-state index in [4.69, 9.17) is 4.74 Å². The molecule has 1 aliphatic carbocycles. The van der Waals surface area contributed by atoms with Gasteiger partial charge in [-0.3, -0.25) is 4.79 Å². The van der Waals surface area contributed by atoms with Crippen LogP contribution in [0.2, 0.25) is 0 Å². The minimum atomic E-state index is -0.787. The minimum Gasteiger partial charge on any atom is -0.481 e. The molecular formula is C16H24N2O3. The maximum absolute atomic E-state index is 12.1. The molecule has 21 heavy (non-hydrogen) atoms. The van der Waals surface area contributed by atoms with Crippen molar-refractivity contribution >= 4 is 5.91 Å². The van der Waals surface area contributed by atoms with Crippen molar-refractivity contribution in [2.75, 3.05) is 13.7 Å². The van der Waals surface area contributed by atoms with Crippen LogP contribution in [0.5, 0.6) is 5.88 Å². The Morgan fingerprint density at radius 2 is 2.00 bits per heavy atom. The average molecular weight is 292 g/mol. The van der Waals surface area contributed by atoms with Crippen LogP contribution in [0.1, 0.15) is 49.9 Å². The maximum Gasteiger partial charge on any atom is 0.252 e. The van der Waals surface area contributed by atoms with Gasteiger partial charge in [0.25, 0.3) is 5.91 Å². The first-order valence-corrected chi connectivity index (χ1v) is 7.34. The van der Waals surface area contributed by atoms with Gasteiger partial charge in [0, 0.05) is 18.8 Å². The highest BCUT2D eigenvalue weighted by Gasteiger charge is 2.36. The molecule has 1 heterocycles. The Morgan fingerprint density at radius 3 is 2.52 bits per heavy atom. The molecule has 0 radical (unpaired) electrons. The summed E-state index contributed by atoms with van der Waals surface area (Å²) in [4.78, 5) is 16.1. The van der Waals surface area contributed by atoms with Crippen molar-refractivity contribution in [1.29, 1.82) is 0 Å². The highest BCUT2D eigenvalue weighted by Crippen LogP contribution is 2.39. The molecular weight excluding hydrogens is 268 g/mol. The van der Waals surface area contributed by atoms with Gasteiger partial charge >= 0.3 is 0 Å². The molecule has 0 unspecified atom stereocenters. The van der Waals surface area contributed by atoms with Crippen molar-refractivity contribution in [1.82, 2.24) is 10.3 Å². The minimum absolute atomic E-state index is 0.219. The summed E-state index contributed by atoms with van der Waals surface area (Å²) < 4.78 is 4.96. The van der Waals surface area contributed by atoms with E-state index in [1.165, 1.54) is 13.3 Å². The van der Waals surface area contributed by atoms with E-state index in [0.29, 0.717) is 11.4 Å². The zero-order valence-electron chi connectivity index (χ0n) is 13.0. The summed E-state index contributed by atoms with van der Waals surface area (Å²) in [5.41, 5.74) is -0.0307. The largest absolute Gasteiger partial charge is 0.481 e. The molecule has 2 rings (SSSR count). The average Bonchev–Trinajstić information content (AvgIpc) is 2.49. The SMILES string of the molecule is COc1ccc(C(=O)NCC2(O)CCC(C)(C)CC2)cn1. The van der Waals surface area contributed by atoms with Gasteiger partial charge in [-0.05, 0) is 37.2 Å². The molecule has 5 nitrogen and oxygen atoms in total. The summed E-state index contributed by atoms with van der Waals surface area (Å²) in [5, 5.41) is 13.3. The summed E-state index contributed by atoms with van der Waals surface area (Å²) in [6, 6.07) is 3.31. The van der Waals surface area contributed by atoms with Gasteiger partial charge in [0.1, 0.15) is 0 Å². The third-order valence-corrected chi connectivity index (χ3v) is 4.32. The van der Waals surface area contributed by atoms with Crippen LogP contribution >= 0.6 is 0 Å². The third kappa shape index (κ3) is 4.17. The molecule has 1 aliphatic rings. The molecule has 0 aromatic carbocycles. The van der Waals surface area contributed by atoms with Crippen LogP contribution in [-0.4, -0.2) is 35.3 Å². The lowest BCUT2D eigenvalue weighted by Gasteiger charge is -2.40. The predicted octanol–water partition coefficient (Wildman–Crippen LogP) is 2.15. The highest BCUT2D eigenvalue weighted by molar-refractivity contribution is 5.93. The molecule has 2 N–H and O–H groups in total. The van der Waals surface area contributed by atoms with Crippen LogP contribution in [0, 0.1) is 5.41 Å². The molecule has 5 heteroatoms. The number of carbonyl (C=O) groups is 1. The van der Waals surface area contributed by atoms with E-state index >= 15 is 0 Å². The first-order valence-electron chi connectivity index (χ1n) is 7.34. The first-order chi connectivity index (χ1) is 9.84. The molecule has 116 valence electrons. The van der Waals surface area contributed by atoms with Crippen molar-refractivity contribution in [2.24, 2.45) is 5.41 Å². The molecule has 1 aromatic heterocycles. The summed E-state index contributed by atoms with van der Waals surface area (Å²) >= 11 is 0. The fourth-order valence-corrected chi connectivity index (χ4v) is 2.55. The van der Waals surface area contributed by atoms with Gasteiger partial charge in [0.15, 0.2) is 0 Å². The molecule has 0 atom stereocenters. The Labute approximate surface area is 125 Å². The predicted molar refractivity (Wildman–Crippen MR) is 80.3 cm³/mol. The summed E-state index contributed by atoms with van der Waals surface area (Å²) in [6.45, 7) is 4.72. The highest BCUT2D eigenvalue weighted by atomic mass is 16.5. The molecule has 1 amide bonds. The van der Waals surface area contributed by atoms with E-state index in [1.807, 2.05) is 0 Å². The number of aliphatic hydroxyl groups is 1. The second kappa shape index (κ2) is 6.02. The van der Waals surface area contributed by atoms with Crippen LogP contribution in [0.15, 0.2) is 18.3 Å². The van der Waals surface area contributed by atoms with Gasteiger partial charge in [0.2, 0.25) is 5.88 Å². The lowest BCUT2D eigenvalue weighted by Crippen LogP contribution is -2.46. The fourth-order valence-electron chi connectivity index (χ4n) is 2.55. The number of nitrogens with one attached hydrogen (secondary N) is 1. The van der Waals surface area contributed by atoms with Crippen molar-refractivity contribution in [3.05, 3.63) is 23.9 Å². The normalized spacial score (nSPS) is 19.8. The number of ether oxygens (including phenoxy) is 1. The van der Waals surface area contributed by atoms with Gasteiger partial charge in [-0.2, -0.15) is 0 Å². The van der Waals surface area contributed by atoms with Crippen molar-refractivity contribution in [3.8, 4) is 5.88 Å². The van der Waals surface area contributed by atoms with Gasteiger partial charge in [0.05, 0.1) is 18.3 Å².